The molecule has 0 aliphatic heterocycles. The van der Waals surface area contributed by atoms with E-state index >= 15 is 0 Å². The summed E-state index contributed by atoms with van der Waals surface area (Å²) < 4.78 is 54.6. The van der Waals surface area contributed by atoms with Crippen molar-refractivity contribution in [1.82, 2.24) is 16.0 Å². The van der Waals surface area contributed by atoms with E-state index in [2.05, 4.69) is 16.0 Å². The molecule has 2 amide bonds. The van der Waals surface area contributed by atoms with Gasteiger partial charge in [-0.1, -0.05) is 64.8 Å². The number of nitrogens with one attached hydrogen (secondary N) is 3. The molecule has 0 aliphatic carbocycles. The third-order valence-electron chi connectivity index (χ3n) is 7.35. The summed E-state index contributed by atoms with van der Waals surface area (Å²) in [6.07, 6.45) is 1.73. The first-order chi connectivity index (χ1) is 20.4. The van der Waals surface area contributed by atoms with Gasteiger partial charge in [0, 0.05) is 25.6 Å². The third kappa shape index (κ3) is 12.3. The minimum absolute atomic E-state index is 0.0262. The lowest BCUT2D eigenvalue weighted by Crippen LogP contribution is -2.57. The Morgan fingerprint density at radius 1 is 0.884 bits per heavy atom. The van der Waals surface area contributed by atoms with Crippen molar-refractivity contribution in [1.29, 1.82) is 0 Å². The van der Waals surface area contributed by atoms with Crippen LogP contribution in [0.15, 0.2) is 42.5 Å². The Bertz CT molecular complexity index is 1270. The highest BCUT2D eigenvalue weighted by atomic mass is 32.2. The first-order valence-corrected chi connectivity index (χ1v) is 16.9. The molecule has 2 rings (SSSR count). The summed E-state index contributed by atoms with van der Waals surface area (Å²) in [5, 5.41) is 18.8. The quantitative estimate of drug-likeness (QED) is 0.188. The summed E-state index contributed by atoms with van der Waals surface area (Å²) in [4.78, 5) is 25.9. The van der Waals surface area contributed by atoms with Gasteiger partial charge in [0.15, 0.2) is 9.84 Å². The van der Waals surface area contributed by atoms with Gasteiger partial charge in [0.05, 0.1) is 23.1 Å². The van der Waals surface area contributed by atoms with Crippen LogP contribution in [0.5, 0.6) is 0 Å². The molecule has 3 atom stereocenters. The van der Waals surface area contributed by atoms with Crippen LogP contribution in [0.4, 0.5) is 8.78 Å². The number of hydrogen-bond acceptors (Lipinski definition) is 6. The fourth-order valence-electron chi connectivity index (χ4n) is 5.01. The molecule has 0 saturated carbocycles. The van der Waals surface area contributed by atoms with E-state index in [4.69, 9.17) is 0 Å². The average molecular weight is 624 g/mol. The van der Waals surface area contributed by atoms with Crippen LogP contribution in [-0.2, 0) is 38.8 Å². The number of amides is 2. The number of aliphatic hydroxyl groups excluding tert-OH is 1. The van der Waals surface area contributed by atoms with Crippen LogP contribution in [0, 0.1) is 11.6 Å². The van der Waals surface area contributed by atoms with E-state index in [1.54, 1.807) is 6.92 Å². The smallest absolute Gasteiger partial charge is 0.243 e. The number of rotatable bonds is 19. The summed E-state index contributed by atoms with van der Waals surface area (Å²) in [5.41, 5.74) is 2.36. The molecule has 11 heteroatoms. The monoisotopic (exact) mass is 623 g/mol. The molecular weight excluding hydrogens is 576 g/mol. The molecule has 8 nitrogen and oxygen atoms in total. The molecule has 0 unspecified atom stereocenters. The third-order valence-corrected chi connectivity index (χ3v) is 9.64. The Morgan fingerprint density at radius 2 is 1.51 bits per heavy atom. The molecule has 0 aromatic heterocycles. The van der Waals surface area contributed by atoms with Crippen LogP contribution in [-0.4, -0.2) is 61.1 Å². The minimum atomic E-state index is -3.77. The van der Waals surface area contributed by atoms with Gasteiger partial charge >= 0.3 is 0 Å². The van der Waals surface area contributed by atoms with Gasteiger partial charge in [-0.3, -0.25) is 9.59 Å². The maximum Gasteiger partial charge on any atom is 0.243 e. The zero-order valence-corrected chi connectivity index (χ0v) is 26.5. The van der Waals surface area contributed by atoms with E-state index in [0.29, 0.717) is 32.2 Å². The molecule has 2 aromatic rings. The molecule has 0 bridgehead atoms. The molecule has 0 saturated heterocycles. The van der Waals surface area contributed by atoms with E-state index < -0.39 is 62.5 Å². The number of halogens is 2. The molecule has 4 N–H and O–H groups in total. The number of carbonyl (C=O) groups excluding carboxylic acids is 2. The van der Waals surface area contributed by atoms with Crippen molar-refractivity contribution >= 4 is 21.7 Å². The van der Waals surface area contributed by atoms with Gasteiger partial charge < -0.3 is 21.1 Å². The van der Waals surface area contributed by atoms with Gasteiger partial charge in [0.1, 0.15) is 17.7 Å². The van der Waals surface area contributed by atoms with Crippen molar-refractivity contribution in [3.05, 3.63) is 70.8 Å². The number of carbonyl (C=O) groups is 2. The fraction of sp³-hybridized carbons (Fsp3) is 0.562. The second kappa shape index (κ2) is 18.0. The predicted molar refractivity (Wildman–Crippen MR) is 165 cm³/mol. The van der Waals surface area contributed by atoms with Crippen molar-refractivity contribution < 1.29 is 31.9 Å². The van der Waals surface area contributed by atoms with Crippen LogP contribution >= 0.6 is 0 Å². The lowest BCUT2D eigenvalue weighted by molar-refractivity contribution is -0.129. The fourth-order valence-corrected chi connectivity index (χ4v) is 7.17. The number of hydrogen-bond donors (Lipinski definition) is 4. The molecule has 0 heterocycles. The van der Waals surface area contributed by atoms with Crippen molar-refractivity contribution in [2.45, 2.75) is 103 Å². The summed E-state index contributed by atoms with van der Waals surface area (Å²) in [6, 6.07) is 8.44. The minimum Gasteiger partial charge on any atom is -0.390 e. The van der Waals surface area contributed by atoms with Gasteiger partial charge in [-0.15, -0.1) is 0 Å². The number of sulfone groups is 1. The van der Waals surface area contributed by atoms with Crippen molar-refractivity contribution in [2.24, 2.45) is 0 Å². The van der Waals surface area contributed by atoms with Crippen LogP contribution in [0.25, 0.3) is 0 Å². The maximum atomic E-state index is 14.0. The summed E-state index contributed by atoms with van der Waals surface area (Å²) >= 11 is 0. The highest BCUT2D eigenvalue weighted by molar-refractivity contribution is 7.92. The van der Waals surface area contributed by atoms with Crippen molar-refractivity contribution in [3.63, 3.8) is 0 Å². The second-order valence-electron chi connectivity index (χ2n) is 11.0. The average Bonchev–Trinajstić information content (AvgIpc) is 2.95. The first-order valence-electron chi connectivity index (χ1n) is 15.1. The summed E-state index contributed by atoms with van der Waals surface area (Å²) in [7, 11) is -3.77. The van der Waals surface area contributed by atoms with Gasteiger partial charge in [0.25, 0.3) is 0 Å². The molecule has 0 radical (unpaired) electrons. The van der Waals surface area contributed by atoms with E-state index in [1.807, 2.05) is 45.0 Å². The molecular formula is C32H47F2N3O5S. The van der Waals surface area contributed by atoms with Gasteiger partial charge in [0.2, 0.25) is 11.8 Å². The maximum absolute atomic E-state index is 14.0. The Morgan fingerprint density at radius 3 is 2.09 bits per heavy atom. The van der Waals surface area contributed by atoms with Crippen LogP contribution in [0.3, 0.4) is 0 Å². The van der Waals surface area contributed by atoms with E-state index in [0.717, 1.165) is 35.7 Å². The van der Waals surface area contributed by atoms with Crippen molar-refractivity contribution in [2.75, 3.05) is 12.3 Å². The van der Waals surface area contributed by atoms with E-state index in [1.165, 1.54) is 0 Å². The van der Waals surface area contributed by atoms with Gasteiger partial charge in [-0.2, -0.15) is 0 Å². The molecule has 0 aliphatic rings. The van der Waals surface area contributed by atoms with Gasteiger partial charge in [-0.25, -0.2) is 17.2 Å². The summed E-state index contributed by atoms with van der Waals surface area (Å²) in [6.45, 7) is 7.87. The zero-order chi connectivity index (χ0) is 32.0. The lowest BCUT2D eigenvalue weighted by atomic mass is 10.00. The molecule has 0 spiro atoms. The Kier molecular flexibility index (Phi) is 15.2. The largest absolute Gasteiger partial charge is 0.390 e. The lowest BCUT2D eigenvalue weighted by Gasteiger charge is -2.28. The van der Waals surface area contributed by atoms with E-state index in [9.17, 15) is 31.9 Å². The normalized spacial score (nSPS) is 13.9. The zero-order valence-electron chi connectivity index (χ0n) is 25.7. The molecule has 2 aromatic carbocycles. The first kappa shape index (κ1) is 36.3. The van der Waals surface area contributed by atoms with E-state index in [-0.39, 0.29) is 24.9 Å². The Hall–Kier alpha value is -2.89. The standard InChI is InChI=1S/C32H47F2N3O5S/c1-5-10-27(11-6-2)43(41,42)21-29(36-31(39)8-4)32(40)37-28(17-24-15-25(33)18-26(34)16-24)30(38)20-35-19-23-13-9-12-22(7-3)14-23/h9,12-16,18,27-30,35,38H,5-8,10-11,17,19-21H2,1-4H3,(H,36,39)(H,37,40)/t28-,29+,30+/m0/s1. The number of aliphatic hydroxyl groups is 1. The van der Waals surface area contributed by atoms with Crippen LogP contribution in [0.2, 0.25) is 0 Å². The Balaban J connectivity index is 2.29. The predicted octanol–water partition coefficient (Wildman–Crippen LogP) is 3.98. The topological polar surface area (TPSA) is 125 Å². The highest BCUT2D eigenvalue weighted by Gasteiger charge is 2.34. The summed E-state index contributed by atoms with van der Waals surface area (Å²) in [5.74, 6) is -3.51. The van der Waals surface area contributed by atoms with Crippen LogP contribution in [0.1, 0.15) is 76.5 Å². The molecule has 43 heavy (non-hydrogen) atoms. The second-order valence-corrected chi connectivity index (χ2v) is 13.3. The number of benzene rings is 2. The SMILES string of the molecule is CCCC(CCC)S(=O)(=O)C[C@@H](NC(=O)CC)C(=O)N[C@@H](Cc1cc(F)cc(F)c1)[C@H](O)CNCc1cccc(CC)c1. The number of aryl methyl sites for hydroxylation is 1. The van der Waals surface area contributed by atoms with Gasteiger partial charge in [-0.05, 0) is 54.5 Å². The van der Waals surface area contributed by atoms with Crippen molar-refractivity contribution in [3.8, 4) is 0 Å². The Labute approximate surface area is 255 Å². The highest BCUT2D eigenvalue weighted by Crippen LogP contribution is 2.18. The molecule has 240 valence electrons. The molecule has 0 fully saturated rings. The van der Waals surface area contributed by atoms with Crippen LogP contribution < -0.4 is 16.0 Å².